The van der Waals surface area contributed by atoms with Crippen LogP contribution in [0.2, 0.25) is 0 Å². The number of hydrogen-bond donors (Lipinski definition) is 0. The largest absolute Gasteiger partial charge is 0.444 e. The van der Waals surface area contributed by atoms with Gasteiger partial charge in [0, 0.05) is 24.4 Å². The molecule has 154 valence electrons. The first-order valence-electron chi connectivity index (χ1n) is 9.28. The molecule has 0 bridgehead atoms. The molecule has 1 aliphatic heterocycles. The van der Waals surface area contributed by atoms with Gasteiger partial charge in [-0.25, -0.2) is 9.18 Å². The van der Waals surface area contributed by atoms with Gasteiger partial charge < -0.3 is 9.64 Å². The van der Waals surface area contributed by atoms with Gasteiger partial charge in [0.25, 0.3) is 0 Å². The molecule has 28 heavy (non-hydrogen) atoms. The predicted molar refractivity (Wildman–Crippen MR) is 103 cm³/mol. The number of amides is 2. The molecule has 1 saturated heterocycles. The van der Waals surface area contributed by atoms with Crippen LogP contribution in [0.5, 0.6) is 0 Å². The quantitative estimate of drug-likeness (QED) is 0.737. The number of likely N-dealkylation sites (N-methyl/N-ethyl adjacent to an activating group) is 1. The van der Waals surface area contributed by atoms with Crippen LogP contribution < -0.4 is 0 Å². The van der Waals surface area contributed by atoms with Gasteiger partial charge in [0.15, 0.2) is 0 Å². The molecule has 1 fully saturated rings. The second-order valence-electron chi connectivity index (χ2n) is 9.27. The van der Waals surface area contributed by atoms with Crippen LogP contribution in [0.15, 0.2) is 18.2 Å². The van der Waals surface area contributed by atoms with Crippen LogP contribution in [-0.2, 0) is 16.0 Å². The van der Waals surface area contributed by atoms with E-state index in [2.05, 4.69) is 0 Å². The number of rotatable bonds is 3. The van der Waals surface area contributed by atoms with Crippen LogP contribution in [0.4, 0.5) is 9.18 Å². The fourth-order valence-corrected chi connectivity index (χ4v) is 3.59. The van der Waals surface area contributed by atoms with Gasteiger partial charge in [-0.15, -0.1) is 0 Å². The van der Waals surface area contributed by atoms with E-state index in [0.717, 1.165) is 0 Å². The van der Waals surface area contributed by atoms with Crippen molar-refractivity contribution >= 4 is 18.3 Å². The molecule has 0 unspecified atom stereocenters. The minimum absolute atomic E-state index is 0.0392. The minimum Gasteiger partial charge on any atom is -0.444 e. The van der Waals surface area contributed by atoms with Crippen LogP contribution in [0.3, 0.4) is 0 Å². The van der Waals surface area contributed by atoms with E-state index in [9.17, 15) is 18.8 Å². The number of hydrogen-bond acceptors (Lipinski definition) is 4. The summed E-state index contributed by atoms with van der Waals surface area (Å²) in [4.78, 5) is 40.0. The Morgan fingerprint density at radius 3 is 2.32 bits per heavy atom. The number of benzene rings is 1. The van der Waals surface area contributed by atoms with Crippen molar-refractivity contribution in [3.63, 3.8) is 0 Å². The van der Waals surface area contributed by atoms with Gasteiger partial charge in [-0.2, -0.15) is 0 Å². The number of ether oxygens (including phenoxy) is 1. The Labute approximate surface area is 165 Å². The fourth-order valence-electron chi connectivity index (χ4n) is 3.59. The highest BCUT2D eigenvalue weighted by Crippen LogP contribution is 2.36. The van der Waals surface area contributed by atoms with Crippen molar-refractivity contribution < 1.29 is 23.5 Å². The lowest BCUT2D eigenvalue weighted by molar-refractivity contribution is -0.129. The average molecular weight is 392 g/mol. The summed E-state index contributed by atoms with van der Waals surface area (Å²) in [5.41, 5.74) is -0.665. The SMILES string of the molecule is CN1C(=O)[C@H](Cc2cc(C=O)ccc2F)N(C(=O)OC(C)(C)C)[C@H]1C(C)(C)C. The van der Waals surface area contributed by atoms with Crippen LogP contribution >= 0.6 is 0 Å². The normalized spacial score (nSPS) is 20.5. The Kier molecular flexibility index (Phi) is 5.87. The summed E-state index contributed by atoms with van der Waals surface area (Å²) in [6.45, 7) is 11.0. The van der Waals surface area contributed by atoms with Gasteiger partial charge in [0.2, 0.25) is 5.91 Å². The maximum absolute atomic E-state index is 14.3. The zero-order valence-electron chi connectivity index (χ0n) is 17.6. The van der Waals surface area contributed by atoms with E-state index in [1.54, 1.807) is 27.8 Å². The van der Waals surface area contributed by atoms with Crippen molar-refractivity contribution in [3.05, 3.63) is 35.1 Å². The molecule has 1 heterocycles. The summed E-state index contributed by atoms with van der Waals surface area (Å²) < 4.78 is 19.9. The molecule has 2 rings (SSSR count). The second-order valence-corrected chi connectivity index (χ2v) is 9.27. The summed E-state index contributed by atoms with van der Waals surface area (Å²) in [7, 11) is 1.63. The number of carbonyl (C=O) groups excluding carboxylic acids is 3. The fraction of sp³-hybridized carbons (Fsp3) is 0.571. The zero-order chi connectivity index (χ0) is 21.4. The Hall–Kier alpha value is -2.44. The maximum Gasteiger partial charge on any atom is 0.412 e. The van der Waals surface area contributed by atoms with Crippen molar-refractivity contribution in [2.75, 3.05) is 7.05 Å². The van der Waals surface area contributed by atoms with Gasteiger partial charge in [-0.3, -0.25) is 14.5 Å². The van der Waals surface area contributed by atoms with Gasteiger partial charge >= 0.3 is 6.09 Å². The van der Waals surface area contributed by atoms with E-state index >= 15 is 0 Å². The van der Waals surface area contributed by atoms with Crippen molar-refractivity contribution in [3.8, 4) is 0 Å². The van der Waals surface area contributed by atoms with Gasteiger partial charge in [0.1, 0.15) is 29.9 Å². The summed E-state index contributed by atoms with van der Waals surface area (Å²) in [6, 6.07) is 3.06. The van der Waals surface area contributed by atoms with Gasteiger partial charge in [-0.1, -0.05) is 20.8 Å². The molecule has 1 aliphatic rings. The predicted octanol–water partition coefficient (Wildman–Crippen LogP) is 3.63. The van der Waals surface area contributed by atoms with Gasteiger partial charge in [0.05, 0.1) is 0 Å². The molecule has 0 N–H and O–H groups in total. The molecule has 6 nitrogen and oxygen atoms in total. The molecule has 0 radical (unpaired) electrons. The third-order valence-corrected chi connectivity index (χ3v) is 4.60. The van der Waals surface area contributed by atoms with Crippen molar-refractivity contribution in [2.24, 2.45) is 5.41 Å². The molecular weight excluding hydrogens is 363 g/mol. The number of carbonyl (C=O) groups is 3. The Morgan fingerprint density at radius 2 is 1.82 bits per heavy atom. The highest BCUT2D eigenvalue weighted by molar-refractivity contribution is 5.90. The lowest BCUT2D eigenvalue weighted by Crippen LogP contribution is -2.52. The summed E-state index contributed by atoms with van der Waals surface area (Å²) in [6.07, 6.45) is -0.586. The van der Waals surface area contributed by atoms with Crippen molar-refractivity contribution in [1.29, 1.82) is 0 Å². The summed E-state index contributed by atoms with van der Waals surface area (Å²) in [5, 5.41) is 0. The monoisotopic (exact) mass is 392 g/mol. The molecular formula is C21H29FN2O4. The van der Waals surface area contributed by atoms with Crippen molar-refractivity contribution in [1.82, 2.24) is 9.80 Å². The van der Waals surface area contributed by atoms with E-state index in [0.29, 0.717) is 11.8 Å². The first-order chi connectivity index (χ1) is 12.8. The third-order valence-electron chi connectivity index (χ3n) is 4.60. The van der Waals surface area contributed by atoms with Crippen LogP contribution in [0.1, 0.15) is 57.5 Å². The smallest absolute Gasteiger partial charge is 0.412 e. The highest BCUT2D eigenvalue weighted by Gasteiger charge is 2.52. The van der Waals surface area contributed by atoms with E-state index in [-0.39, 0.29) is 17.9 Å². The number of halogens is 1. The van der Waals surface area contributed by atoms with Crippen LogP contribution in [0.25, 0.3) is 0 Å². The molecule has 0 saturated carbocycles. The Bertz CT molecular complexity index is 780. The second kappa shape index (κ2) is 7.53. The molecule has 0 aliphatic carbocycles. The maximum atomic E-state index is 14.3. The summed E-state index contributed by atoms with van der Waals surface area (Å²) in [5.74, 6) is -0.814. The zero-order valence-corrected chi connectivity index (χ0v) is 17.6. The van der Waals surface area contributed by atoms with Crippen LogP contribution in [-0.4, -0.2) is 52.9 Å². The molecule has 0 aromatic heterocycles. The van der Waals surface area contributed by atoms with E-state index < -0.39 is 35.1 Å². The van der Waals surface area contributed by atoms with E-state index in [4.69, 9.17) is 4.74 Å². The topological polar surface area (TPSA) is 66.9 Å². The standard InChI is InChI=1S/C21H29FN2O4/c1-20(2,3)18-23(7)17(26)16(24(18)19(27)28-21(4,5)6)11-14-10-13(12-25)8-9-15(14)22/h8-10,12,16,18H,11H2,1-7H3/t16-,18-/m0/s1. The highest BCUT2D eigenvalue weighted by atomic mass is 19.1. The molecule has 7 heteroatoms. The van der Waals surface area contributed by atoms with Gasteiger partial charge in [-0.05, 0) is 44.5 Å². The first kappa shape index (κ1) is 21.9. The lowest BCUT2D eigenvalue weighted by Gasteiger charge is -2.39. The third kappa shape index (κ3) is 4.51. The minimum atomic E-state index is -0.916. The number of nitrogens with zero attached hydrogens (tertiary/aromatic N) is 2. The average Bonchev–Trinajstić information content (AvgIpc) is 2.80. The number of aldehydes is 1. The molecule has 2 amide bonds. The summed E-state index contributed by atoms with van der Waals surface area (Å²) >= 11 is 0. The van der Waals surface area contributed by atoms with Crippen LogP contribution in [0, 0.1) is 11.2 Å². The van der Waals surface area contributed by atoms with E-state index in [1.807, 2.05) is 20.8 Å². The molecule has 2 atom stereocenters. The lowest BCUT2D eigenvalue weighted by atomic mass is 9.91. The van der Waals surface area contributed by atoms with Crippen molar-refractivity contribution in [2.45, 2.75) is 65.8 Å². The first-order valence-corrected chi connectivity index (χ1v) is 9.28. The molecule has 0 spiro atoms. The Balaban J connectivity index is 2.48. The van der Waals surface area contributed by atoms with E-state index in [1.165, 1.54) is 28.0 Å². The molecule has 1 aromatic carbocycles. The Morgan fingerprint density at radius 1 is 1.21 bits per heavy atom. The molecule has 1 aromatic rings.